The lowest BCUT2D eigenvalue weighted by atomic mass is 9.81. The van der Waals surface area contributed by atoms with Crippen LogP contribution in [0.3, 0.4) is 0 Å². The van der Waals surface area contributed by atoms with Gasteiger partial charge in [-0.25, -0.2) is 0 Å². The van der Waals surface area contributed by atoms with Crippen LogP contribution in [0.25, 0.3) is 11.4 Å². The minimum Gasteiger partial charge on any atom is -0.325 e. The van der Waals surface area contributed by atoms with E-state index in [0.29, 0.717) is 12.8 Å². The minimum absolute atomic E-state index is 0.00536. The topological polar surface area (TPSA) is 87.7 Å². The minimum atomic E-state index is -4.48. The number of tetrazole rings is 1. The quantitative estimate of drug-likeness (QED) is 0.798. The van der Waals surface area contributed by atoms with Gasteiger partial charge in [-0.2, -0.15) is 23.2 Å². The summed E-state index contributed by atoms with van der Waals surface area (Å²) in [7, 11) is 1.58. The largest absolute Gasteiger partial charge is 0.416 e. The van der Waals surface area contributed by atoms with Crippen LogP contribution in [-0.2, 0) is 17.5 Å². The maximum absolute atomic E-state index is 12.9. The lowest BCUT2D eigenvalue weighted by Crippen LogP contribution is -2.50. The Labute approximate surface area is 159 Å². The van der Waals surface area contributed by atoms with Crippen molar-refractivity contribution in [2.45, 2.75) is 50.4 Å². The fourth-order valence-corrected chi connectivity index (χ4v) is 3.39. The molecule has 28 heavy (non-hydrogen) atoms. The van der Waals surface area contributed by atoms with E-state index in [4.69, 9.17) is 0 Å². The first-order valence-corrected chi connectivity index (χ1v) is 8.88. The molecule has 1 amide bonds. The van der Waals surface area contributed by atoms with Gasteiger partial charge in [0, 0.05) is 12.6 Å². The Morgan fingerprint density at radius 3 is 2.68 bits per heavy atom. The standard InChI is InChI=1S/C18H19F3N6O/c1-26(17(12-22)8-3-2-4-9-17)15(28)11-27-24-16(23-25-27)13-6-5-7-14(10-13)18(19,20)21/h5-7,10H,2-4,8-9,11H2,1H3. The Bertz CT molecular complexity index is 895. The van der Waals surface area contributed by atoms with Gasteiger partial charge in [0.1, 0.15) is 12.1 Å². The van der Waals surface area contributed by atoms with Gasteiger partial charge in [-0.05, 0) is 30.2 Å². The Morgan fingerprint density at radius 2 is 2.04 bits per heavy atom. The lowest BCUT2D eigenvalue weighted by molar-refractivity contribution is -0.137. The van der Waals surface area contributed by atoms with Gasteiger partial charge in [-0.3, -0.25) is 4.79 Å². The Morgan fingerprint density at radius 1 is 1.32 bits per heavy atom. The summed E-state index contributed by atoms with van der Waals surface area (Å²) >= 11 is 0. The number of benzene rings is 1. The van der Waals surface area contributed by atoms with E-state index in [1.807, 2.05) is 0 Å². The summed E-state index contributed by atoms with van der Waals surface area (Å²) in [6.07, 6.45) is -0.441. The van der Waals surface area contributed by atoms with Gasteiger partial charge >= 0.3 is 6.18 Å². The summed E-state index contributed by atoms with van der Waals surface area (Å²) in [5.41, 5.74) is -1.49. The molecule has 0 spiro atoms. The molecule has 1 aliphatic carbocycles. The van der Waals surface area contributed by atoms with Crippen molar-refractivity contribution < 1.29 is 18.0 Å². The highest BCUT2D eigenvalue weighted by molar-refractivity contribution is 5.77. The zero-order valence-corrected chi connectivity index (χ0v) is 15.3. The third-order valence-electron chi connectivity index (χ3n) is 5.08. The van der Waals surface area contributed by atoms with Gasteiger partial charge in [0.25, 0.3) is 0 Å². The molecule has 148 valence electrons. The van der Waals surface area contributed by atoms with Crippen LogP contribution in [0.2, 0.25) is 0 Å². The maximum Gasteiger partial charge on any atom is 0.416 e. The van der Waals surface area contributed by atoms with Crippen LogP contribution in [0, 0.1) is 11.3 Å². The number of carbonyl (C=O) groups excluding carboxylic acids is 1. The zero-order valence-electron chi connectivity index (χ0n) is 15.3. The molecule has 1 heterocycles. The van der Waals surface area contributed by atoms with E-state index in [0.717, 1.165) is 36.2 Å². The first-order chi connectivity index (χ1) is 13.2. The highest BCUT2D eigenvalue weighted by Gasteiger charge is 2.39. The van der Waals surface area contributed by atoms with Crippen LogP contribution in [0.4, 0.5) is 13.2 Å². The van der Waals surface area contributed by atoms with Crippen molar-refractivity contribution in [3.8, 4) is 17.5 Å². The third-order valence-corrected chi connectivity index (χ3v) is 5.08. The van der Waals surface area contributed by atoms with Crippen molar-refractivity contribution >= 4 is 5.91 Å². The van der Waals surface area contributed by atoms with Crippen LogP contribution in [0.1, 0.15) is 37.7 Å². The van der Waals surface area contributed by atoms with Crippen LogP contribution < -0.4 is 0 Å². The third kappa shape index (κ3) is 3.98. The molecule has 2 aromatic rings. The summed E-state index contributed by atoms with van der Waals surface area (Å²) in [6, 6.07) is 6.86. The van der Waals surface area contributed by atoms with Crippen LogP contribution >= 0.6 is 0 Å². The van der Waals surface area contributed by atoms with Gasteiger partial charge in [0.05, 0.1) is 11.6 Å². The molecule has 1 aromatic carbocycles. The number of carbonyl (C=O) groups is 1. The molecule has 1 saturated carbocycles. The van der Waals surface area contributed by atoms with Crippen molar-refractivity contribution in [3.63, 3.8) is 0 Å². The number of alkyl halides is 3. The van der Waals surface area contributed by atoms with Crippen LogP contribution in [0.15, 0.2) is 24.3 Å². The molecule has 0 unspecified atom stereocenters. The smallest absolute Gasteiger partial charge is 0.325 e. The first kappa shape index (κ1) is 19.8. The molecule has 1 aromatic heterocycles. The number of aromatic nitrogens is 4. The highest BCUT2D eigenvalue weighted by atomic mass is 19.4. The molecular formula is C18H19F3N6O. The summed E-state index contributed by atoms with van der Waals surface area (Å²) in [5, 5.41) is 21.1. The zero-order chi connectivity index (χ0) is 20.4. The predicted molar refractivity (Wildman–Crippen MR) is 92.5 cm³/mol. The predicted octanol–water partition coefficient (Wildman–Crippen LogP) is 3.04. The van der Waals surface area contributed by atoms with Gasteiger partial charge in [-0.15, -0.1) is 10.2 Å². The van der Waals surface area contributed by atoms with Gasteiger partial charge in [-0.1, -0.05) is 31.4 Å². The highest BCUT2D eigenvalue weighted by Crippen LogP contribution is 2.33. The normalized spacial score (nSPS) is 16.4. The lowest BCUT2D eigenvalue weighted by Gasteiger charge is -2.38. The Balaban J connectivity index is 1.74. The monoisotopic (exact) mass is 392 g/mol. The molecule has 0 bridgehead atoms. The second-order valence-corrected chi connectivity index (χ2v) is 6.88. The number of amides is 1. The van der Waals surface area contributed by atoms with E-state index in [2.05, 4.69) is 21.5 Å². The van der Waals surface area contributed by atoms with Crippen molar-refractivity contribution in [2.75, 3.05) is 7.05 Å². The van der Waals surface area contributed by atoms with E-state index in [-0.39, 0.29) is 23.8 Å². The molecule has 0 atom stereocenters. The van der Waals surface area contributed by atoms with Gasteiger partial charge in [0.2, 0.25) is 11.7 Å². The number of hydrogen-bond acceptors (Lipinski definition) is 5. The second-order valence-electron chi connectivity index (χ2n) is 6.88. The Kier molecular flexibility index (Phi) is 5.36. The summed E-state index contributed by atoms with van der Waals surface area (Å²) in [4.78, 5) is 15.1. The number of rotatable bonds is 4. The molecule has 0 saturated heterocycles. The number of nitriles is 1. The fourth-order valence-electron chi connectivity index (χ4n) is 3.39. The van der Waals surface area contributed by atoms with Crippen molar-refractivity contribution in [3.05, 3.63) is 29.8 Å². The van der Waals surface area contributed by atoms with Crippen molar-refractivity contribution in [2.24, 2.45) is 0 Å². The summed E-state index contributed by atoms with van der Waals surface area (Å²) < 4.78 is 38.6. The SMILES string of the molecule is CN(C(=O)Cn1nnc(-c2cccc(C(F)(F)F)c2)n1)C1(C#N)CCCCC1. The number of halogens is 3. The van der Waals surface area contributed by atoms with Crippen molar-refractivity contribution in [1.29, 1.82) is 5.26 Å². The van der Waals surface area contributed by atoms with Crippen molar-refractivity contribution in [1.82, 2.24) is 25.1 Å². The molecule has 7 nitrogen and oxygen atoms in total. The van der Waals surface area contributed by atoms with Crippen LogP contribution in [0.5, 0.6) is 0 Å². The number of hydrogen-bond donors (Lipinski definition) is 0. The molecule has 3 rings (SSSR count). The average Bonchev–Trinajstić information content (AvgIpc) is 3.16. The molecule has 0 aliphatic heterocycles. The molecule has 1 aliphatic rings. The first-order valence-electron chi connectivity index (χ1n) is 8.88. The molecule has 0 N–H and O–H groups in total. The number of nitrogens with zero attached hydrogens (tertiary/aromatic N) is 6. The van der Waals surface area contributed by atoms with E-state index in [1.54, 1.807) is 7.05 Å². The van der Waals surface area contributed by atoms with Gasteiger partial charge in [0.15, 0.2) is 0 Å². The molecular weight excluding hydrogens is 373 g/mol. The molecule has 10 heteroatoms. The number of likely N-dealkylation sites (N-methyl/N-ethyl adjacent to an activating group) is 1. The molecule has 1 fully saturated rings. The Hall–Kier alpha value is -2.96. The second kappa shape index (κ2) is 7.58. The fraction of sp³-hybridized carbons (Fsp3) is 0.500. The van der Waals surface area contributed by atoms with Crippen LogP contribution in [-0.4, -0.2) is 43.6 Å². The van der Waals surface area contributed by atoms with E-state index in [9.17, 15) is 23.2 Å². The summed E-state index contributed by atoms with van der Waals surface area (Å²) in [5.74, 6) is -0.356. The maximum atomic E-state index is 12.9. The van der Waals surface area contributed by atoms with Gasteiger partial charge < -0.3 is 4.90 Å². The van der Waals surface area contributed by atoms with E-state index < -0.39 is 17.3 Å². The summed E-state index contributed by atoms with van der Waals surface area (Å²) in [6.45, 7) is -0.244. The molecule has 0 radical (unpaired) electrons. The van der Waals surface area contributed by atoms with E-state index in [1.165, 1.54) is 17.0 Å². The van der Waals surface area contributed by atoms with E-state index >= 15 is 0 Å². The average molecular weight is 392 g/mol.